The quantitative estimate of drug-likeness (QED) is 0.848. The van der Waals surface area contributed by atoms with E-state index in [1.165, 1.54) is 0 Å². The highest BCUT2D eigenvalue weighted by molar-refractivity contribution is 9.10. The molecule has 0 aliphatic heterocycles. The standard InChI is InChI=1S/C9H7BrN2O2/c1-5-11-9(14-12-5)6-3-2-4-7(10)8(6)13/h2-4,13H,1H3/p+1. The average molecular weight is 256 g/mol. The summed E-state index contributed by atoms with van der Waals surface area (Å²) in [5.41, 5.74) is 0.583. The molecule has 2 aromatic rings. The first kappa shape index (κ1) is 9.21. The number of para-hydroxylation sites is 1. The van der Waals surface area contributed by atoms with Crippen molar-refractivity contribution in [1.29, 1.82) is 0 Å². The number of aryl methyl sites for hydroxylation is 1. The zero-order chi connectivity index (χ0) is 10.1. The molecule has 1 aromatic heterocycles. The molecule has 1 aromatic carbocycles. The number of H-pyrrole nitrogens is 1. The Balaban J connectivity index is 2.57. The largest absolute Gasteiger partial charge is 0.506 e. The number of aromatic nitrogens is 2. The minimum Gasteiger partial charge on any atom is -0.506 e. The molecule has 14 heavy (non-hydrogen) atoms. The molecule has 4 nitrogen and oxygen atoms in total. The zero-order valence-corrected chi connectivity index (χ0v) is 9.00. The van der Waals surface area contributed by atoms with E-state index in [1.807, 2.05) is 6.07 Å². The number of halogens is 1. The molecule has 1 heterocycles. The maximum absolute atomic E-state index is 9.71. The Morgan fingerprint density at radius 1 is 1.50 bits per heavy atom. The minimum atomic E-state index is 0.139. The van der Waals surface area contributed by atoms with Gasteiger partial charge in [0.2, 0.25) is 0 Å². The molecule has 0 bridgehead atoms. The molecule has 0 unspecified atom stereocenters. The molecule has 0 aliphatic rings. The van der Waals surface area contributed by atoms with Gasteiger partial charge in [0.05, 0.1) is 4.47 Å². The molecular formula is C9H8BrN2O2+. The number of hydrogen-bond donors (Lipinski definition) is 1. The summed E-state index contributed by atoms with van der Waals surface area (Å²) < 4.78 is 5.62. The first-order valence-corrected chi connectivity index (χ1v) is 4.81. The van der Waals surface area contributed by atoms with Crippen LogP contribution in [0.2, 0.25) is 0 Å². The Labute approximate surface area is 88.7 Å². The van der Waals surface area contributed by atoms with Gasteiger partial charge in [0.1, 0.15) is 11.3 Å². The minimum absolute atomic E-state index is 0.139. The number of phenols is 1. The fourth-order valence-corrected chi connectivity index (χ4v) is 1.51. The summed E-state index contributed by atoms with van der Waals surface area (Å²) in [6, 6.07) is 5.31. The molecule has 0 radical (unpaired) electrons. The van der Waals surface area contributed by atoms with Crippen LogP contribution in [-0.2, 0) is 0 Å². The van der Waals surface area contributed by atoms with Crippen molar-refractivity contribution in [3.05, 3.63) is 28.5 Å². The number of rotatable bonds is 1. The van der Waals surface area contributed by atoms with Crippen molar-refractivity contribution in [2.45, 2.75) is 6.92 Å². The van der Waals surface area contributed by atoms with Gasteiger partial charge in [0.25, 0.3) is 0 Å². The summed E-state index contributed by atoms with van der Waals surface area (Å²) in [6.45, 7) is 1.78. The van der Waals surface area contributed by atoms with Crippen LogP contribution in [0.3, 0.4) is 0 Å². The van der Waals surface area contributed by atoms with Crippen LogP contribution in [0.4, 0.5) is 0 Å². The van der Waals surface area contributed by atoms with E-state index >= 15 is 0 Å². The number of benzene rings is 1. The summed E-state index contributed by atoms with van der Waals surface area (Å²) in [7, 11) is 0. The SMILES string of the molecule is Cc1noc(-c2cccc(Br)c2O)[nH+]1. The first-order valence-electron chi connectivity index (χ1n) is 4.02. The maximum atomic E-state index is 9.71. The fourth-order valence-electron chi connectivity index (χ4n) is 1.14. The van der Waals surface area contributed by atoms with Crippen LogP contribution < -0.4 is 4.98 Å². The smallest absolute Gasteiger partial charge is 0.350 e. The van der Waals surface area contributed by atoms with Gasteiger partial charge >= 0.3 is 11.7 Å². The highest BCUT2D eigenvalue weighted by Gasteiger charge is 2.17. The van der Waals surface area contributed by atoms with E-state index in [0.29, 0.717) is 21.8 Å². The predicted octanol–water partition coefficient (Wildman–Crippen LogP) is 1.93. The third kappa shape index (κ3) is 1.50. The van der Waals surface area contributed by atoms with Crippen LogP contribution in [0, 0.1) is 6.92 Å². The van der Waals surface area contributed by atoms with Gasteiger partial charge in [-0.1, -0.05) is 6.07 Å². The van der Waals surface area contributed by atoms with E-state index < -0.39 is 0 Å². The second-order valence-electron chi connectivity index (χ2n) is 2.86. The van der Waals surface area contributed by atoms with Gasteiger partial charge in [-0.2, -0.15) is 0 Å². The van der Waals surface area contributed by atoms with Gasteiger partial charge in [-0.15, -0.1) is 0 Å². The maximum Gasteiger partial charge on any atom is 0.350 e. The summed E-state index contributed by atoms with van der Waals surface area (Å²) >= 11 is 3.22. The van der Waals surface area contributed by atoms with Crippen molar-refractivity contribution in [3.8, 4) is 17.2 Å². The lowest BCUT2D eigenvalue weighted by molar-refractivity contribution is -0.379. The Morgan fingerprint density at radius 2 is 2.29 bits per heavy atom. The third-order valence-corrected chi connectivity index (χ3v) is 2.44. The van der Waals surface area contributed by atoms with Crippen LogP contribution in [0.25, 0.3) is 11.5 Å². The van der Waals surface area contributed by atoms with Crippen LogP contribution >= 0.6 is 15.9 Å². The molecule has 0 amide bonds. The highest BCUT2D eigenvalue weighted by atomic mass is 79.9. The zero-order valence-electron chi connectivity index (χ0n) is 7.41. The van der Waals surface area contributed by atoms with E-state index in [4.69, 9.17) is 4.52 Å². The van der Waals surface area contributed by atoms with E-state index in [0.717, 1.165) is 0 Å². The van der Waals surface area contributed by atoms with Gasteiger partial charge in [0, 0.05) is 6.92 Å². The van der Waals surface area contributed by atoms with Crippen molar-refractivity contribution in [1.82, 2.24) is 5.16 Å². The van der Waals surface area contributed by atoms with Crippen molar-refractivity contribution in [3.63, 3.8) is 0 Å². The first-order chi connectivity index (χ1) is 6.68. The Morgan fingerprint density at radius 3 is 2.93 bits per heavy atom. The lowest BCUT2D eigenvalue weighted by Crippen LogP contribution is -2.05. The fraction of sp³-hybridized carbons (Fsp3) is 0.111. The number of hydrogen-bond acceptors (Lipinski definition) is 3. The second kappa shape index (κ2) is 3.42. The molecule has 0 saturated carbocycles. The number of aromatic amines is 1. The average Bonchev–Trinajstić information content (AvgIpc) is 2.57. The van der Waals surface area contributed by atoms with Crippen LogP contribution in [0.1, 0.15) is 5.82 Å². The predicted molar refractivity (Wildman–Crippen MR) is 52.6 cm³/mol. The van der Waals surface area contributed by atoms with E-state index in [1.54, 1.807) is 19.1 Å². The molecule has 0 fully saturated rings. The molecule has 5 heteroatoms. The number of nitrogens with one attached hydrogen (secondary N) is 1. The molecule has 2 rings (SSSR count). The Hall–Kier alpha value is -1.36. The summed E-state index contributed by atoms with van der Waals surface area (Å²) in [4.78, 5) is 2.90. The van der Waals surface area contributed by atoms with Crippen molar-refractivity contribution in [2.24, 2.45) is 0 Å². The highest BCUT2D eigenvalue weighted by Crippen LogP contribution is 2.32. The van der Waals surface area contributed by atoms with Crippen molar-refractivity contribution >= 4 is 15.9 Å². The van der Waals surface area contributed by atoms with Gasteiger partial charge in [-0.3, -0.25) is 0 Å². The second-order valence-corrected chi connectivity index (χ2v) is 3.71. The van der Waals surface area contributed by atoms with Crippen LogP contribution in [-0.4, -0.2) is 10.3 Å². The van der Waals surface area contributed by atoms with Crippen molar-refractivity contribution < 1.29 is 14.6 Å². The normalized spacial score (nSPS) is 10.4. The molecule has 2 N–H and O–H groups in total. The van der Waals surface area contributed by atoms with E-state index in [-0.39, 0.29) is 5.75 Å². The molecular weight excluding hydrogens is 248 g/mol. The van der Waals surface area contributed by atoms with E-state index in [2.05, 4.69) is 26.1 Å². The monoisotopic (exact) mass is 255 g/mol. The molecule has 72 valence electrons. The lowest BCUT2D eigenvalue weighted by atomic mass is 10.2. The lowest BCUT2D eigenvalue weighted by Gasteiger charge is -1.98. The van der Waals surface area contributed by atoms with Crippen LogP contribution in [0.15, 0.2) is 27.2 Å². The molecule has 0 spiro atoms. The van der Waals surface area contributed by atoms with E-state index in [9.17, 15) is 5.11 Å². The van der Waals surface area contributed by atoms with Crippen LogP contribution in [0.5, 0.6) is 5.75 Å². The van der Waals surface area contributed by atoms with Gasteiger partial charge in [-0.05, 0) is 28.1 Å². The molecule has 0 atom stereocenters. The van der Waals surface area contributed by atoms with Gasteiger partial charge < -0.3 is 5.11 Å². The molecule has 0 saturated heterocycles. The summed E-state index contributed by atoms with van der Waals surface area (Å²) in [5, 5.41) is 13.4. The summed E-state index contributed by atoms with van der Waals surface area (Å²) in [5.74, 6) is 1.25. The number of nitrogens with zero attached hydrogens (tertiary/aromatic N) is 1. The summed E-state index contributed by atoms with van der Waals surface area (Å²) in [6.07, 6.45) is 0. The number of aromatic hydroxyl groups is 1. The Bertz CT molecular complexity index is 468. The van der Waals surface area contributed by atoms with Gasteiger partial charge in [-0.25, -0.2) is 9.51 Å². The third-order valence-electron chi connectivity index (χ3n) is 1.80. The topological polar surface area (TPSA) is 60.4 Å². The van der Waals surface area contributed by atoms with Gasteiger partial charge in [0.15, 0.2) is 5.16 Å². The Kier molecular flexibility index (Phi) is 2.25. The van der Waals surface area contributed by atoms with Crippen molar-refractivity contribution in [2.75, 3.05) is 0 Å². The number of phenolic OH excluding ortho intramolecular Hbond substituents is 1. The molecule has 0 aliphatic carbocycles.